The fraction of sp³-hybridized carbons (Fsp3) is 0.500. The standard InChI is InChI=1S/C20H32N6.HI/c1-17-14-24-26(15-17)13-12-23-20(21-3)22-11-10-18(2)25(4)16-19-8-6-5-7-9-19;/h5-9,14-15,18H,10-13,16H2,1-4H3,(H2,21,22,23);1H. The van der Waals surface area contributed by atoms with Crippen LogP contribution in [0.3, 0.4) is 0 Å². The van der Waals surface area contributed by atoms with Gasteiger partial charge in [0.2, 0.25) is 0 Å². The van der Waals surface area contributed by atoms with E-state index in [0.717, 1.165) is 38.6 Å². The molecule has 27 heavy (non-hydrogen) atoms. The molecule has 0 aliphatic rings. The van der Waals surface area contributed by atoms with E-state index in [9.17, 15) is 0 Å². The molecular formula is C20H33IN6. The predicted octanol–water partition coefficient (Wildman–Crippen LogP) is 2.89. The first-order chi connectivity index (χ1) is 12.6. The number of nitrogens with one attached hydrogen (secondary N) is 2. The zero-order chi connectivity index (χ0) is 18.8. The number of hydrogen-bond acceptors (Lipinski definition) is 3. The summed E-state index contributed by atoms with van der Waals surface area (Å²) in [5, 5.41) is 11.0. The molecule has 1 atom stereocenters. The van der Waals surface area contributed by atoms with Gasteiger partial charge in [0.15, 0.2) is 5.96 Å². The maximum Gasteiger partial charge on any atom is 0.191 e. The van der Waals surface area contributed by atoms with Gasteiger partial charge in [0.1, 0.15) is 0 Å². The Kier molecular flexibility index (Phi) is 11.0. The molecule has 2 rings (SSSR count). The van der Waals surface area contributed by atoms with Crippen LogP contribution in [0.2, 0.25) is 0 Å². The Morgan fingerprint density at radius 2 is 1.93 bits per heavy atom. The molecule has 0 amide bonds. The zero-order valence-electron chi connectivity index (χ0n) is 16.9. The smallest absolute Gasteiger partial charge is 0.191 e. The van der Waals surface area contributed by atoms with Crippen molar-refractivity contribution in [2.75, 3.05) is 27.2 Å². The van der Waals surface area contributed by atoms with Crippen molar-refractivity contribution in [1.29, 1.82) is 0 Å². The third-order valence-corrected chi connectivity index (χ3v) is 4.50. The largest absolute Gasteiger partial charge is 0.356 e. The van der Waals surface area contributed by atoms with Crippen LogP contribution in [0.5, 0.6) is 0 Å². The summed E-state index contributed by atoms with van der Waals surface area (Å²) >= 11 is 0. The lowest BCUT2D eigenvalue weighted by atomic mass is 10.1. The lowest BCUT2D eigenvalue weighted by Crippen LogP contribution is -2.41. The van der Waals surface area contributed by atoms with Crippen molar-refractivity contribution in [2.45, 2.75) is 39.4 Å². The summed E-state index contributed by atoms with van der Waals surface area (Å²) in [6, 6.07) is 11.1. The normalized spacial score (nSPS) is 12.6. The Labute approximate surface area is 180 Å². The fourth-order valence-corrected chi connectivity index (χ4v) is 2.75. The number of halogens is 1. The van der Waals surface area contributed by atoms with Crippen molar-refractivity contribution in [3.63, 3.8) is 0 Å². The number of hydrogen-bond donors (Lipinski definition) is 2. The molecule has 150 valence electrons. The summed E-state index contributed by atoms with van der Waals surface area (Å²) in [7, 11) is 3.98. The van der Waals surface area contributed by atoms with E-state index in [2.05, 4.69) is 69.9 Å². The van der Waals surface area contributed by atoms with Gasteiger partial charge in [-0.3, -0.25) is 14.6 Å². The highest BCUT2D eigenvalue weighted by Gasteiger charge is 2.09. The van der Waals surface area contributed by atoms with Crippen molar-refractivity contribution >= 4 is 29.9 Å². The molecule has 0 spiro atoms. The van der Waals surface area contributed by atoms with E-state index in [1.165, 1.54) is 11.1 Å². The Morgan fingerprint density at radius 1 is 1.22 bits per heavy atom. The molecule has 1 aromatic carbocycles. The van der Waals surface area contributed by atoms with Crippen molar-refractivity contribution in [1.82, 2.24) is 25.3 Å². The lowest BCUT2D eigenvalue weighted by Gasteiger charge is -2.25. The topological polar surface area (TPSA) is 57.5 Å². The van der Waals surface area contributed by atoms with Gasteiger partial charge in [0, 0.05) is 38.9 Å². The number of benzene rings is 1. The Balaban J connectivity index is 0.00000364. The Bertz CT molecular complexity index is 670. The summed E-state index contributed by atoms with van der Waals surface area (Å²) in [5.74, 6) is 0.840. The highest BCUT2D eigenvalue weighted by Crippen LogP contribution is 2.07. The van der Waals surface area contributed by atoms with Gasteiger partial charge in [-0.15, -0.1) is 24.0 Å². The molecule has 2 aromatic rings. The van der Waals surface area contributed by atoms with E-state index >= 15 is 0 Å². The van der Waals surface area contributed by atoms with Crippen LogP contribution < -0.4 is 10.6 Å². The first-order valence-electron chi connectivity index (χ1n) is 9.26. The lowest BCUT2D eigenvalue weighted by molar-refractivity contribution is 0.238. The average Bonchev–Trinajstić information content (AvgIpc) is 3.06. The van der Waals surface area contributed by atoms with Crippen LogP contribution in [0.15, 0.2) is 47.7 Å². The second kappa shape index (κ2) is 12.7. The van der Waals surface area contributed by atoms with Crippen LogP contribution in [0.1, 0.15) is 24.5 Å². The van der Waals surface area contributed by atoms with Gasteiger partial charge in [-0.1, -0.05) is 30.3 Å². The molecule has 7 heteroatoms. The molecule has 0 saturated heterocycles. The van der Waals surface area contributed by atoms with E-state index in [1.807, 2.05) is 24.0 Å². The van der Waals surface area contributed by atoms with Crippen LogP contribution >= 0.6 is 24.0 Å². The number of aryl methyl sites for hydroxylation is 1. The molecule has 1 aromatic heterocycles. The van der Waals surface area contributed by atoms with Gasteiger partial charge in [0.05, 0.1) is 12.7 Å². The van der Waals surface area contributed by atoms with Crippen LogP contribution in [0, 0.1) is 6.92 Å². The minimum absolute atomic E-state index is 0. The molecule has 0 saturated carbocycles. The first-order valence-corrected chi connectivity index (χ1v) is 9.26. The maximum absolute atomic E-state index is 4.29. The molecule has 0 bridgehead atoms. The third kappa shape index (κ3) is 8.75. The predicted molar refractivity (Wildman–Crippen MR) is 124 cm³/mol. The van der Waals surface area contributed by atoms with Crippen molar-refractivity contribution in [3.8, 4) is 0 Å². The first kappa shape index (κ1) is 23.4. The molecule has 1 heterocycles. The second-order valence-electron chi connectivity index (χ2n) is 6.74. The summed E-state index contributed by atoms with van der Waals surface area (Å²) in [4.78, 5) is 6.67. The van der Waals surface area contributed by atoms with E-state index in [1.54, 1.807) is 7.05 Å². The van der Waals surface area contributed by atoms with E-state index in [0.29, 0.717) is 6.04 Å². The fourth-order valence-electron chi connectivity index (χ4n) is 2.75. The third-order valence-electron chi connectivity index (χ3n) is 4.50. The second-order valence-corrected chi connectivity index (χ2v) is 6.74. The van der Waals surface area contributed by atoms with Gasteiger partial charge in [-0.25, -0.2) is 0 Å². The van der Waals surface area contributed by atoms with Crippen LogP contribution in [0.25, 0.3) is 0 Å². The minimum atomic E-state index is 0. The quantitative estimate of drug-likeness (QED) is 0.327. The van der Waals surface area contributed by atoms with E-state index < -0.39 is 0 Å². The average molecular weight is 484 g/mol. The molecule has 0 radical (unpaired) electrons. The highest BCUT2D eigenvalue weighted by atomic mass is 127. The number of nitrogens with zero attached hydrogens (tertiary/aromatic N) is 4. The number of aromatic nitrogens is 2. The number of rotatable bonds is 9. The molecule has 2 N–H and O–H groups in total. The van der Waals surface area contributed by atoms with Crippen molar-refractivity contribution in [3.05, 3.63) is 53.9 Å². The molecule has 1 unspecified atom stereocenters. The summed E-state index contributed by atoms with van der Waals surface area (Å²) in [6.45, 7) is 7.79. The van der Waals surface area contributed by atoms with Crippen molar-refractivity contribution < 1.29 is 0 Å². The van der Waals surface area contributed by atoms with Gasteiger partial charge in [-0.2, -0.15) is 5.10 Å². The van der Waals surface area contributed by atoms with Crippen LogP contribution in [-0.4, -0.2) is 53.9 Å². The molecular weight excluding hydrogens is 451 g/mol. The Hall–Kier alpha value is -1.61. The van der Waals surface area contributed by atoms with Gasteiger partial charge in [0.25, 0.3) is 0 Å². The van der Waals surface area contributed by atoms with Crippen molar-refractivity contribution in [2.24, 2.45) is 4.99 Å². The summed E-state index contributed by atoms with van der Waals surface area (Å²) in [5.41, 5.74) is 2.53. The van der Waals surface area contributed by atoms with Gasteiger partial charge < -0.3 is 10.6 Å². The molecule has 0 aliphatic carbocycles. The summed E-state index contributed by atoms with van der Waals surface area (Å²) < 4.78 is 1.94. The number of aliphatic imine (C=N–C) groups is 1. The number of guanidine groups is 1. The van der Waals surface area contributed by atoms with E-state index in [4.69, 9.17) is 0 Å². The minimum Gasteiger partial charge on any atom is -0.356 e. The van der Waals surface area contributed by atoms with Crippen LogP contribution in [0.4, 0.5) is 0 Å². The Morgan fingerprint density at radius 3 is 2.56 bits per heavy atom. The van der Waals surface area contributed by atoms with Gasteiger partial charge in [-0.05, 0) is 38.4 Å². The van der Waals surface area contributed by atoms with Gasteiger partial charge >= 0.3 is 0 Å². The molecule has 0 aliphatic heterocycles. The van der Waals surface area contributed by atoms with Crippen LogP contribution in [-0.2, 0) is 13.1 Å². The van der Waals surface area contributed by atoms with E-state index in [-0.39, 0.29) is 24.0 Å². The molecule has 0 fully saturated rings. The summed E-state index contributed by atoms with van der Waals surface area (Å²) in [6.07, 6.45) is 4.98. The SMILES string of the molecule is CN=C(NCCC(C)N(C)Cc1ccccc1)NCCn1cc(C)cn1.I. The monoisotopic (exact) mass is 484 g/mol. The molecule has 6 nitrogen and oxygen atoms in total. The highest BCUT2D eigenvalue weighted by molar-refractivity contribution is 14.0. The maximum atomic E-state index is 4.29. The zero-order valence-corrected chi connectivity index (χ0v) is 19.2.